The average Bonchev–Trinajstić information content (AvgIpc) is 2.30. The minimum atomic E-state index is -0.341. The number of benzene rings is 1. The molecule has 0 radical (unpaired) electrons. The van der Waals surface area contributed by atoms with E-state index in [-0.39, 0.29) is 11.2 Å². The van der Waals surface area contributed by atoms with Crippen LogP contribution in [0.3, 0.4) is 0 Å². The van der Waals surface area contributed by atoms with Gasteiger partial charge in [0.2, 0.25) is 5.69 Å². The van der Waals surface area contributed by atoms with E-state index in [4.69, 9.17) is 6.57 Å². The summed E-state index contributed by atoms with van der Waals surface area (Å²) in [5.41, 5.74) is 1.44. The maximum atomic E-state index is 11.4. The average molecular weight is 196 g/mol. The van der Waals surface area contributed by atoms with Crippen LogP contribution in [0.4, 0.5) is 5.69 Å². The van der Waals surface area contributed by atoms with Crippen LogP contribution in [0.5, 0.6) is 0 Å². The van der Waals surface area contributed by atoms with Crippen LogP contribution in [-0.4, -0.2) is 4.98 Å². The SMILES string of the molecule is [C-]#[N+]c1ccc(-c2ccccc2)[nH]c1=O. The maximum absolute atomic E-state index is 11.4. The Morgan fingerprint density at radius 1 is 1.07 bits per heavy atom. The van der Waals surface area contributed by atoms with Crippen LogP contribution in [0.15, 0.2) is 47.3 Å². The van der Waals surface area contributed by atoms with Gasteiger partial charge in [0.05, 0.1) is 6.57 Å². The van der Waals surface area contributed by atoms with Gasteiger partial charge in [-0.05, 0) is 17.7 Å². The van der Waals surface area contributed by atoms with E-state index in [0.717, 1.165) is 11.3 Å². The monoisotopic (exact) mass is 196 g/mol. The van der Waals surface area contributed by atoms with Crippen molar-refractivity contribution in [2.45, 2.75) is 0 Å². The van der Waals surface area contributed by atoms with Gasteiger partial charge in [0.25, 0.3) is 5.56 Å². The predicted octanol–water partition coefficient (Wildman–Crippen LogP) is 2.59. The summed E-state index contributed by atoms with van der Waals surface area (Å²) >= 11 is 0. The first-order chi connectivity index (χ1) is 7.31. The Balaban J connectivity index is 2.54. The topological polar surface area (TPSA) is 37.2 Å². The molecule has 0 saturated carbocycles. The quantitative estimate of drug-likeness (QED) is 0.699. The Bertz CT molecular complexity index is 564. The first kappa shape index (κ1) is 9.22. The zero-order chi connectivity index (χ0) is 10.7. The van der Waals surface area contributed by atoms with Gasteiger partial charge < -0.3 is 4.98 Å². The van der Waals surface area contributed by atoms with Crippen LogP contribution >= 0.6 is 0 Å². The molecular formula is C12H8N2O. The molecule has 0 fully saturated rings. The van der Waals surface area contributed by atoms with E-state index >= 15 is 0 Å². The lowest BCUT2D eigenvalue weighted by Gasteiger charge is -2.00. The molecule has 0 bridgehead atoms. The summed E-state index contributed by atoms with van der Waals surface area (Å²) in [7, 11) is 0. The number of H-pyrrole nitrogens is 1. The molecule has 1 aromatic heterocycles. The van der Waals surface area contributed by atoms with E-state index in [9.17, 15) is 4.79 Å². The Kier molecular flexibility index (Phi) is 2.34. The molecule has 2 rings (SSSR count). The van der Waals surface area contributed by atoms with Crippen molar-refractivity contribution in [2.24, 2.45) is 0 Å². The normalized spacial score (nSPS) is 9.53. The molecule has 3 nitrogen and oxygen atoms in total. The highest BCUT2D eigenvalue weighted by molar-refractivity contribution is 5.60. The van der Waals surface area contributed by atoms with Gasteiger partial charge in [-0.15, -0.1) is 0 Å². The van der Waals surface area contributed by atoms with Crippen LogP contribution in [-0.2, 0) is 0 Å². The van der Waals surface area contributed by atoms with E-state index in [1.165, 1.54) is 6.07 Å². The van der Waals surface area contributed by atoms with E-state index < -0.39 is 0 Å². The molecule has 0 aliphatic carbocycles. The van der Waals surface area contributed by atoms with Gasteiger partial charge in [-0.25, -0.2) is 4.85 Å². The molecule has 1 heterocycles. The number of aromatic nitrogens is 1. The molecule has 0 saturated heterocycles. The molecule has 15 heavy (non-hydrogen) atoms. The van der Waals surface area contributed by atoms with Gasteiger partial charge in [0.15, 0.2) is 0 Å². The van der Waals surface area contributed by atoms with E-state index in [2.05, 4.69) is 9.83 Å². The van der Waals surface area contributed by atoms with Crippen molar-refractivity contribution in [3.8, 4) is 11.3 Å². The molecular weight excluding hydrogens is 188 g/mol. The van der Waals surface area contributed by atoms with Crippen molar-refractivity contribution >= 4 is 5.69 Å². The molecule has 0 amide bonds. The van der Waals surface area contributed by atoms with E-state index in [1.807, 2.05) is 30.3 Å². The summed E-state index contributed by atoms with van der Waals surface area (Å²) in [6, 6.07) is 12.8. The largest absolute Gasteiger partial charge is 0.331 e. The lowest BCUT2D eigenvalue weighted by Crippen LogP contribution is -2.04. The summed E-state index contributed by atoms with van der Waals surface area (Å²) in [5, 5.41) is 0. The second-order valence-electron chi connectivity index (χ2n) is 3.06. The van der Waals surface area contributed by atoms with Crippen molar-refractivity contribution in [1.29, 1.82) is 0 Å². The molecule has 2 aromatic rings. The van der Waals surface area contributed by atoms with Crippen molar-refractivity contribution in [2.75, 3.05) is 0 Å². The van der Waals surface area contributed by atoms with Crippen molar-refractivity contribution < 1.29 is 0 Å². The van der Waals surface area contributed by atoms with Crippen molar-refractivity contribution in [1.82, 2.24) is 4.98 Å². The Labute approximate surface area is 86.8 Å². The van der Waals surface area contributed by atoms with Gasteiger partial charge in [-0.1, -0.05) is 30.3 Å². The second-order valence-corrected chi connectivity index (χ2v) is 3.06. The zero-order valence-electron chi connectivity index (χ0n) is 7.90. The molecule has 72 valence electrons. The van der Waals surface area contributed by atoms with Gasteiger partial charge in [-0.3, -0.25) is 4.79 Å². The first-order valence-electron chi connectivity index (χ1n) is 4.47. The number of aromatic amines is 1. The summed E-state index contributed by atoms with van der Waals surface area (Å²) in [4.78, 5) is 17.2. The number of rotatable bonds is 1. The number of nitrogens with one attached hydrogen (secondary N) is 1. The third-order valence-corrected chi connectivity index (χ3v) is 2.09. The molecule has 1 aromatic carbocycles. The van der Waals surface area contributed by atoms with Crippen molar-refractivity contribution in [3.05, 3.63) is 64.2 Å². The highest BCUT2D eigenvalue weighted by Gasteiger charge is 2.01. The highest BCUT2D eigenvalue weighted by Crippen LogP contribution is 2.16. The molecule has 0 aliphatic rings. The maximum Gasteiger partial charge on any atom is 0.254 e. The fourth-order valence-corrected chi connectivity index (χ4v) is 1.34. The number of hydrogen-bond acceptors (Lipinski definition) is 1. The van der Waals surface area contributed by atoms with Crippen LogP contribution in [0, 0.1) is 6.57 Å². The first-order valence-corrected chi connectivity index (χ1v) is 4.47. The molecule has 0 atom stereocenters. The minimum Gasteiger partial charge on any atom is -0.331 e. The van der Waals surface area contributed by atoms with E-state index in [0.29, 0.717) is 0 Å². The van der Waals surface area contributed by atoms with E-state index in [1.54, 1.807) is 6.07 Å². The fraction of sp³-hybridized carbons (Fsp3) is 0. The summed E-state index contributed by atoms with van der Waals surface area (Å²) in [6.45, 7) is 6.76. The lowest BCUT2D eigenvalue weighted by molar-refractivity contribution is 1.25. The smallest absolute Gasteiger partial charge is 0.254 e. The predicted molar refractivity (Wildman–Crippen MR) is 58.8 cm³/mol. The number of hydrogen-bond donors (Lipinski definition) is 1. The van der Waals surface area contributed by atoms with Crippen molar-refractivity contribution in [3.63, 3.8) is 0 Å². The Morgan fingerprint density at radius 3 is 2.40 bits per heavy atom. The molecule has 3 heteroatoms. The van der Waals surface area contributed by atoms with Gasteiger partial charge in [-0.2, -0.15) is 0 Å². The van der Waals surface area contributed by atoms with Crippen LogP contribution < -0.4 is 5.56 Å². The van der Waals surface area contributed by atoms with Crippen LogP contribution in [0.25, 0.3) is 16.1 Å². The lowest BCUT2D eigenvalue weighted by atomic mass is 10.1. The van der Waals surface area contributed by atoms with Crippen LogP contribution in [0.2, 0.25) is 0 Å². The second kappa shape index (κ2) is 3.81. The Hall–Kier alpha value is -2.34. The summed E-state index contributed by atoms with van der Waals surface area (Å²) in [6.07, 6.45) is 0. The summed E-state index contributed by atoms with van der Waals surface area (Å²) < 4.78 is 0. The fourth-order valence-electron chi connectivity index (χ4n) is 1.34. The van der Waals surface area contributed by atoms with Crippen LogP contribution in [0.1, 0.15) is 0 Å². The number of pyridine rings is 1. The van der Waals surface area contributed by atoms with Gasteiger partial charge in [0, 0.05) is 5.69 Å². The van der Waals surface area contributed by atoms with Gasteiger partial charge >= 0.3 is 0 Å². The third kappa shape index (κ3) is 1.79. The zero-order valence-corrected chi connectivity index (χ0v) is 7.90. The summed E-state index contributed by atoms with van der Waals surface area (Å²) in [5.74, 6) is 0. The third-order valence-electron chi connectivity index (χ3n) is 2.09. The number of nitrogens with zero attached hydrogens (tertiary/aromatic N) is 1. The highest BCUT2D eigenvalue weighted by atomic mass is 16.1. The Morgan fingerprint density at radius 2 is 1.80 bits per heavy atom. The molecule has 0 unspecified atom stereocenters. The molecule has 0 aliphatic heterocycles. The molecule has 1 N–H and O–H groups in total. The molecule has 0 spiro atoms. The minimum absolute atomic E-state index is 0.120. The standard InChI is InChI=1S/C12H8N2O/c1-13-11-8-7-10(14-12(11)15)9-5-3-2-4-6-9/h2-8H,(H,14,15). The van der Waals surface area contributed by atoms with Gasteiger partial charge in [0.1, 0.15) is 0 Å².